The summed E-state index contributed by atoms with van der Waals surface area (Å²) in [6, 6.07) is 11.7. The normalized spacial score (nSPS) is 11.6. The zero-order chi connectivity index (χ0) is 28.7. The summed E-state index contributed by atoms with van der Waals surface area (Å²) >= 11 is 0. The van der Waals surface area contributed by atoms with E-state index in [0.717, 1.165) is 12.0 Å². The molecule has 0 aliphatic carbocycles. The van der Waals surface area contributed by atoms with Crippen molar-refractivity contribution in [2.24, 2.45) is 5.73 Å². The van der Waals surface area contributed by atoms with Gasteiger partial charge in [0, 0.05) is 41.0 Å². The molecule has 11 heteroatoms. The number of hydrogen-bond acceptors (Lipinski definition) is 7. The number of benzene rings is 2. The summed E-state index contributed by atoms with van der Waals surface area (Å²) in [7, 11) is 0. The molecule has 1 aromatic heterocycles. The topological polar surface area (TPSA) is 181 Å². The standard InChI is InChI=1S/C28H36N8O3/c1-5-17(4)35-27(38)21-10-20(11-22(29)12-21)23-14-33-26(34-16(2)3)28(39)36(23)15-24(37)32-13-18-6-8-19(9-7-18)25(30)31/h6-12,14,16-17H,5,13,15,29H2,1-4H3,(H3,30,31)(H,32,37)(H,33,34)(H,35,38)/t17-/m0/s1. The lowest BCUT2D eigenvalue weighted by Crippen LogP contribution is -2.35. The average molecular weight is 533 g/mol. The molecule has 0 saturated carbocycles. The van der Waals surface area contributed by atoms with Gasteiger partial charge in [0.05, 0.1) is 11.9 Å². The maximum Gasteiger partial charge on any atom is 0.294 e. The molecule has 206 valence electrons. The molecule has 0 spiro atoms. The molecule has 1 atom stereocenters. The Kier molecular flexibility index (Phi) is 9.43. The number of nitrogens with two attached hydrogens (primary N) is 2. The number of amides is 2. The molecule has 0 fully saturated rings. The first-order valence-electron chi connectivity index (χ1n) is 12.8. The molecule has 2 amide bonds. The summed E-state index contributed by atoms with van der Waals surface area (Å²) < 4.78 is 1.32. The van der Waals surface area contributed by atoms with Crippen molar-refractivity contribution < 1.29 is 9.59 Å². The van der Waals surface area contributed by atoms with E-state index >= 15 is 0 Å². The summed E-state index contributed by atoms with van der Waals surface area (Å²) in [5.74, 6) is -0.608. The zero-order valence-electron chi connectivity index (χ0n) is 22.7. The molecule has 3 rings (SSSR count). The van der Waals surface area contributed by atoms with Gasteiger partial charge in [-0.3, -0.25) is 24.4 Å². The molecule has 0 radical (unpaired) electrons. The molecule has 0 unspecified atom stereocenters. The van der Waals surface area contributed by atoms with Gasteiger partial charge >= 0.3 is 0 Å². The summed E-state index contributed by atoms with van der Waals surface area (Å²) in [6.07, 6.45) is 2.26. The first-order valence-corrected chi connectivity index (χ1v) is 12.8. The number of rotatable bonds is 11. The van der Waals surface area contributed by atoms with Gasteiger partial charge in [0.2, 0.25) is 5.91 Å². The summed E-state index contributed by atoms with van der Waals surface area (Å²) in [5.41, 5.74) is 14.0. The molecule has 0 aliphatic rings. The van der Waals surface area contributed by atoms with Crippen LogP contribution in [0.5, 0.6) is 0 Å². The van der Waals surface area contributed by atoms with Crippen LogP contribution in [-0.4, -0.2) is 39.3 Å². The SMILES string of the molecule is CC[C@H](C)NC(=O)c1cc(N)cc(-c2cnc(NC(C)C)c(=O)n2CC(=O)NCc2ccc(C(=N)N)cc2)c1. The van der Waals surface area contributed by atoms with Crippen LogP contribution >= 0.6 is 0 Å². The number of aromatic nitrogens is 2. The molecule has 8 N–H and O–H groups in total. The largest absolute Gasteiger partial charge is 0.399 e. The monoisotopic (exact) mass is 532 g/mol. The Balaban J connectivity index is 1.93. The fourth-order valence-corrected chi connectivity index (χ4v) is 3.79. The molecule has 0 bridgehead atoms. The highest BCUT2D eigenvalue weighted by molar-refractivity contribution is 5.97. The highest BCUT2D eigenvalue weighted by atomic mass is 16.2. The summed E-state index contributed by atoms with van der Waals surface area (Å²) in [6.45, 7) is 7.58. The minimum absolute atomic E-state index is 0.0222. The van der Waals surface area contributed by atoms with Gasteiger partial charge < -0.3 is 27.4 Å². The van der Waals surface area contributed by atoms with Crippen molar-refractivity contribution in [3.63, 3.8) is 0 Å². The zero-order valence-corrected chi connectivity index (χ0v) is 22.7. The van der Waals surface area contributed by atoms with Crippen LogP contribution in [0.1, 0.15) is 55.6 Å². The van der Waals surface area contributed by atoms with Crippen LogP contribution in [0.2, 0.25) is 0 Å². The van der Waals surface area contributed by atoms with Crippen molar-refractivity contribution in [1.29, 1.82) is 5.41 Å². The van der Waals surface area contributed by atoms with E-state index in [4.69, 9.17) is 16.9 Å². The first kappa shape index (κ1) is 28.9. The Bertz CT molecular complexity index is 1410. The molecule has 11 nitrogen and oxygen atoms in total. The molecule has 3 aromatic rings. The average Bonchev–Trinajstić information content (AvgIpc) is 2.89. The fraction of sp³-hybridized carbons (Fsp3) is 0.321. The van der Waals surface area contributed by atoms with Gasteiger partial charge in [0.1, 0.15) is 12.4 Å². The van der Waals surface area contributed by atoms with Crippen molar-refractivity contribution in [1.82, 2.24) is 20.2 Å². The second-order valence-corrected chi connectivity index (χ2v) is 9.70. The van der Waals surface area contributed by atoms with Crippen molar-refractivity contribution >= 4 is 29.2 Å². The maximum absolute atomic E-state index is 13.4. The molecule has 1 heterocycles. The number of amidine groups is 1. The third kappa shape index (κ3) is 7.67. The predicted octanol–water partition coefficient (Wildman–Crippen LogP) is 2.44. The molecule has 0 saturated heterocycles. The van der Waals surface area contributed by atoms with E-state index in [1.165, 1.54) is 10.8 Å². The Hall–Kier alpha value is -4.67. The number of carbonyl (C=O) groups is 2. The van der Waals surface area contributed by atoms with E-state index in [2.05, 4.69) is 20.9 Å². The Morgan fingerprint density at radius 2 is 1.77 bits per heavy atom. The number of nitrogens with zero attached hydrogens (tertiary/aromatic N) is 2. The van der Waals surface area contributed by atoms with E-state index < -0.39 is 11.5 Å². The number of hydrogen-bond donors (Lipinski definition) is 6. The number of nitrogen functional groups attached to an aromatic ring is 2. The number of anilines is 2. The highest BCUT2D eigenvalue weighted by Crippen LogP contribution is 2.23. The van der Waals surface area contributed by atoms with Gasteiger partial charge in [-0.15, -0.1) is 0 Å². The quantitative estimate of drug-likeness (QED) is 0.125. The minimum Gasteiger partial charge on any atom is -0.399 e. The maximum atomic E-state index is 13.4. The van der Waals surface area contributed by atoms with Gasteiger partial charge in [0.15, 0.2) is 5.82 Å². The molecule has 0 aliphatic heterocycles. The van der Waals surface area contributed by atoms with Crippen LogP contribution in [0.4, 0.5) is 11.5 Å². The Labute approximate surface area is 227 Å². The third-order valence-electron chi connectivity index (χ3n) is 6.04. The molecular weight excluding hydrogens is 496 g/mol. The van der Waals surface area contributed by atoms with E-state index in [0.29, 0.717) is 28.1 Å². The second kappa shape index (κ2) is 12.7. The van der Waals surface area contributed by atoms with E-state index in [1.54, 1.807) is 42.5 Å². The lowest BCUT2D eigenvalue weighted by molar-refractivity contribution is -0.121. The van der Waals surface area contributed by atoms with Crippen LogP contribution in [0.3, 0.4) is 0 Å². The number of nitrogens with one attached hydrogen (secondary N) is 4. The summed E-state index contributed by atoms with van der Waals surface area (Å²) in [5, 5.41) is 16.2. The summed E-state index contributed by atoms with van der Waals surface area (Å²) in [4.78, 5) is 43.5. The van der Waals surface area contributed by atoms with Crippen LogP contribution in [0.15, 0.2) is 53.5 Å². The van der Waals surface area contributed by atoms with E-state index in [-0.39, 0.29) is 42.7 Å². The number of carbonyl (C=O) groups excluding carboxylic acids is 2. The van der Waals surface area contributed by atoms with Crippen LogP contribution in [0.25, 0.3) is 11.3 Å². The van der Waals surface area contributed by atoms with Gasteiger partial charge in [0.25, 0.3) is 11.5 Å². The van der Waals surface area contributed by atoms with Crippen LogP contribution in [-0.2, 0) is 17.9 Å². The van der Waals surface area contributed by atoms with Crippen molar-refractivity contribution in [3.05, 3.63) is 75.7 Å². The predicted molar refractivity (Wildman–Crippen MR) is 154 cm³/mol. The molecular formula is C28H36N8O3. The van der Waals surface area contributed by atoms with E-state index in [1.807, 2.05) is 27.7 Å². The van der Waals surface area contributed by atoms with Crippen molar-refractivity contribution in [3.8, 4) is 11.3 Å². The Morgan fingerprint density at radius 3 is 2.38 bits per heavy atom. The van der Waals surface area contributed by atoms with Gasteiger partial charge in [-0.05, 0) is 51.0 Å². The second-order valence-electron chi connectivity index (χ2n) is 9.70. The third-order valence-corrected chi connectivity index (χ3v) is 6.04. The van der Waals surface area contributed by atoms with Crippen molar-refractivity contribution in [2.75, 3.05) is 11.1 Å². The van der Waals surface area contributed by atoms with Crippen LogP contribution in [0, 0.1) is 5.41 Å². The Morgan fingerprint density at radius 1 is 1.08 bits per heavy atom. The minimum atomic E-state index is -0.477. The van der Waals surface area contributed by atoms with Gasteiger partial charge in [-0.25, -0.2) is 4.98 Å². The lowest BCUT2D eigenvalue weighted by atomic mass is 10.1. The highest BCUT2D eigenvalue weighted by Gasteiger charge is 2.18. The van der Waals surface area contributed by atoms with Crippen molar-refractivity contribution in [2.45, 2.75) is 59.3 Å². The van der Waals surface area contributed by atoms with Crippen LogP contribution < -0.4 is 33.0 Å². The smallest absolute Gasteiger partial charge is 0.294 e. The van der Waals surface area contributed by atoms with Gasteiger partial charge in [-0.2, -0.15) is 0 Å². The fourth-order valence-electron chi connectivity index (χ4n) is 3.79. The van der Waals surface area contributed by atoms with Gasteiger partial charge in [-0.1, -0.05) is 31.2 Å². The lowest BCUT2D eigenvalue weighted by Gasteiger charge is -2.17. The molecule has 2 aromatic carbocycles. The van der Waals surface area contributed by atoms with E-state index in [9.17, 15) is 14.4 Å². The first-order chi connectivity index (χ1) is 18.5. The molecule has 39 heavy (non-hydrogen) atoms.